The van der Waals surface area contributed by atoms with Crippen molar-refractivity contribution in [1.82, 2.24) is 16.0 Å². The molecule has 0 aliphatic carbocycles. The van der Waals surface area contributed by atoms with E-state index in [4.69, 9.17) is 37.1 Å². The minimum absolute atomic E-state index is 0.0462. The highest BCUT2D eigenvalue weighted by Gasteiger charge is 2.43. The van der Waals surface area contributed by atoms with E-state index >= 15 is 0 Å². The Morgan fingerprint density at radius 2 is 1.72 bits per heavy atom. The van der Waals surface area contributed by atoms with E-state index in [1.165, 1.54) is 12.1 Å². The average Bonchev–Trinajstić information content (AvgIpc) is 3.37. The summed E-state index contributed by atoms with van der Waals surface area (Å²) >= 11 is 12.0. The van der Waals surface area contributed by atoms with E-state index in [0.717, 1.165) is 5.56 Å². The molecule has 1 aliphatic rings. The summed E-state index contributed by atoms with van der Waals surface area (Å²) in [5.74, 6) is -1.27. The zero-order valence-corrected chi connectivity index (χ0v) is 22.8. The van der Waals surface area contributed by atoms with Gasteiger partial charge in [0.05, 0.1) is 6.61 Å². The maximum absolute atomic E-state index is 13.7. The molecular weight excluding hydrogens is 545 g/mol. The fourth-order valence-electron chi connectivity index (χ4n) is 4.32. The zero-order valence-electron chi connectivity index (χ0n) is 21.3. The van der Waals surface area contributed by atoms with Crippen molar-refractivity contribution in [2.24, 2.45) is 0 Å². The van der Waals surface area contributed by atoms with E-state index in [1.807, 2.05) is 30.3 Å². The lowest BCUT2D eigenvalue weighted by Gasteiger charge is -2.37. The van der Waals surface area contributed by atoms with Gasteiger partial charge in [-0.1, -0.05) is 53.5 Å². The van der Waals surface area contributed by atoms with Gasteiger partial charge >= 0.3 is 5.97 Å². The van der Waals surface area contributed by atoms with Gasteiger partial charge in [0.15, 0.2) is 5.76 Å². The van der Waals surface area contributed by atoms with Gasteiger partial charge in [-0.05, 0) is 62.7 Å². The van der Waals surface area contributed by atoms with Gasteiger partial charge in [-0.3, -0.25) is 9.59 Å². The standard InChI is InChI=1S/C28H29Cl2N3O6/c1-2-37-26(35)22(14-18-6-4-3-5-7-18)32-27(36)28(10-12-31-13-11-28)33-25(34)23-8-9-24(39-23)38-21-16-19(29)15-20(30)17-21/h3-9,15-17,22,31H,2,10-14H2,1H3,(H,32,36)(H,33,34). The number of amides is 2. The number of carbonyl (C=O) groups excluding carboxylic acids is 3. The number of piperidine rings is 1. The summed E-state index contributed by atoms with van der Waals surface area (Å²) in [5, 5.41) is 9.64. The molecule has 1 saturated heterocycles. The molecule has 2 aromatic carbocycles. The lowest BCUT2D eigenvalue weighted by Crippen LogP contribution is -2.64. The van der Waals surface area contributed by atoms with Crippen LogP contribution in [0.4, 0.5) is 0 Å². The van der Waals surface area contributed by atoms with Crippen LogP contribution in [0.2, 0.25) is 10.0 Å². The molecule has 3 aromatic rings. The number of esters is 1. The van der Waals surface area contributed by atoms with E-state index in [9.17, 15) is 14.4 Å². The number of hydrogen-bond acceptors (Lipinski definition) is 7. The van der Waals surface area contributed by atoms with Crippen molar-refractivity contribution < 1.29 is 28.3 Å². The molecule has 1 aliphatic heterocycles. The number of hydrogen-bond donors (Lipinski definition) is 3. The van der Waals surface area contributed by atoms with E-state index in [-0.39, 0.29) is 24.7 Å². The highest BCUT2D eigenvalue weighted by molar-refractivity contribution is 6.34. The highest BCUT2D eigenvalue weighted by Crippen LogP contribution is 2.30. The molecule has 1 fully saturated rings. The van der Waals surface area contributed by atoms with Crippen LogP contribution >= 0.6 is 23.2 Å². The van der Waals surface area contributed by atoms with Gasteiger partial charge in [0, 0.05) is 22.5 Å². The number of halogens is 2. The molecule has 9 nitrogen and oxygen atoms in total. The van der Waals surface area contributed by atoms with Crippen molar-refractivity contribution in [3.8, 4) is 11.7 Å². The van der Waals surface area contributed by atoms with Gasteiger partial charge in [-0.2, -0.15) is 0 Å². The third-order valence-electron chi connectivity index (χ3n) is 6.26. The Bertz CT molecular complexity index is 1290. The van der Waals surface area contributed by atoms with Crippen LogP contribution in [0.25, 0.3) is 0 Å². The fraction of sp³-hybridized carbons (Fsp3) is 0.321. The van der Waals surface area contributed by atoms with E-state index < -0.39 is 29.4 Å². The molecule has 4 rings (SSSR count). The Kier molecular flexibility index (Phi) is 9.50. The van der Waals surface area contributed by atoms with E-state index in [0.29, 0.717) is 41.7 Å². The first-order valence-corrected chi connectivity index (χ1v) is 13.3. The Morgan fingerprint density at radius 3 is 2.38 bits per heavy atom. The van der Waals surface area contributed by atoms with Crippen molar-refractivity contribution in [3.63, 3.8) is 0 Å². The second-order valence-corrected chi connectivity index (χ2v) is 9.95. The summed E-state index contributed by atoms with van der Waals surface area (Å²) in [6, 6.07) is 16.0. The number of benzene rings is 2. The van der Waals surface area contributed by atoms with Crippen LogP contribution in [0.15, 0.2) is 65.1 Å². The summed E-state index contributed by atoms with van der Waals surface area (Å²) in [4.78, 5) is 39.6. The first-order valence-electron chi connectivity index (χ1n) is 12.6. The molecule has 2 heterocycles. The van der Waals surface area contributed by atoms with Crippen LogP contribution in [0.1, 0.15) is 35.9 Å². The first-order chi connectivity index (χ1) is 18.8. The highest BCUT2D eigenvalue weighted by atomic mass is 35.5. The Labute approximate surface area is 236 Å². The van der Waals surface area contributed by atoms with Crippen LogP contribution < -0.4 is 20.7 Å². The fourth-order valence-corrected chi connectivity index (χ4v) is 4.83. The van der Waals surface area contributed by atoms with Crippen LogP contribution in [0.3, 0.4) is 0 Å². The molecule has 0 spiro atoms. The minimum Gasteiger partial charge on any atom is -0.464 e. The second-order valence-electron chi connectivity index (χ2n) is 9.08. The lowest BCUT2D eigenvalue weighted by atomic mass is 9.86. The third kappa shape index (κ3) is 7.53. The molecule has 11 heteroatoms. The van der Waals surface area contributed by atoms with Gasteiger partial charge in [-0.25, -0.2) is 4.79 Å². The minimum atomic E-state index is -1.27. The van der Waals surface area contributed by atoms with Crippen LogP contribution in [0.5, 0.6) is 11.7 Å². The summed E-state index contributed by atoms with van der Waals surface area (Å²) < 4.78 is 16.4. The number of furan rings is 1. The molecule has 0 radical (unpaired) electrons. The Hall–Kier alpha value is -3.53. The predicted octanol–water partition coefficient (Wildman–Crippen LogP) is 4.52. The molecule has 1 atom stereocenters. The van der Waals surface area contributed by atoms with Gasteiger partial charge < -0.3 is 29.8 Å². The topological polar surface area (TPSA) is 119 Å². The second kappa shape index (κ2) is 13.0. The van der Waals surface area contributed by atoms with E-state index in [2.05, 4.69) is 16.0 Å². The zero-order chi connectivity index (χ0) is 27.8. The molecular formula is C28H29Cl2N3O6. The number of carbonyl (C=O) groups is 3. The maximum atomic E-state index is 13.7. The SMILES string of the molecule is CCOC(=O)C(Cc1ccccc1)NC(=O)C1(NC(=O)c2ccc(Oc3cc(Cl)cc(Cl)c3)o2)CCNCC1. The van der Waals surface area contributed by atoms with Gasteiger partial charge in [0.1, 0.15) is 17.3 Å². The van der Waals surface area contributed by atoms with Crippen LogP contribution in [0, 0.1) is 0 Å². The van der Waals surface area contributed by atoms with Crippen molar-refractivity contribution in [3.05, 3.63) is 82.0 Å². The maximum Gasteiger partial charge on any atom is 0.328 e. The molecule has 0 bridgehead atoms. The molecule has 206 valence electrons. The smallest absolute Gasteiger partial charge is 0.328 e. The molecule has 1 unspecified atom stereocenters. The van der Waals surface area contributed by atoms with Gasteiger partial charge in [0.2, 0.25) is 5.91 Å². The van der Waals surface area contributed by atoms with Crippen molar-refractivity contribution in [1.29, 1.82) is 0 Å². The first kappa shape index (κ1) is 28.5. The van der Waals surface area contributed by atoms with Gasteiger partial charge in [-0.15, -0.1) is 0 Å². The lowest BCUT2D eigenvalue weighted by molar-refractivity contribution is -0.148. The molecule has 3 N–H and O–H groups in total. The summed E-state index contributed by atoms with van der Waals surface area (Å²) in [7, 11) is 0. The molecule has 39 heavy (non-hydrogen) atoms. The van der Waals surface area contributed by atoms with Gasteiger partial charge in [0.25, 0.3) is 11.9 Å². The predicted molar refractivity (Wildman–Crippen MR) is 146 cm³/mol. The Morgan fingerprint density at radius 1 is 1.03 bits per heavy atom. The van der Waals surface area contributed by atoms with Crippen molar-refractivity contribution in [2.75, 3.05) is 19.7 Å². The normalized spacial score (nSPS) is 15.2. The monoisotopic (exact) mass is 573 g/mol. The van der Waals surface area contributed by atoms with E-state index in [1.54, 1.807) is 25.1 Å². The van der Waals surface area contributed by atoms with Crippen LogP contribution in [-0.2, 0) is 20.7 Å². The Balaban J connectivity index is 1.49. The number of nitrogens with one attached hydrogen (secondary N) is 3. The summed E-state index contributed by atoms with van der Waals surface area (Å²) in [6.07, 6.45) is 0.882. The molecule has 2 amide bonds. The number of rotatable bonds is 10. The van der Waals surface area contributed by atoms with Crippen molar-refractivity contribution >= 4 is 41.0 Å². The average molecular weight is 574 g/mol. The summed E-state index contributed by atoms with van der Waals surface area (Å²) in [5.41, 5.74) is -0.402. The molecule has 0 saturated carbocycles. The number of ether oxygens (including phenoxy) is 2. The quantitative estimate of drug-likeness (QED) is 0.305. The summed E-state index contributed by atoms with van der Waals surface area (Å²) in [6.45, 7) is 2.88. The molecule has 1 aromatic heterocycles. The van der Waals surface area contributed by atoms with Crippen molar-refractivity contribution in [2.45, 2.75) is 37.8 Å². The third-order valence-corrected chi connectivity index (χ3v) is 6.70. The largest absolute Gasteiger partial charge is 0.464 e. The van der Waals surface area contributed by atoms with Crippen LogP contribution in [-0.4, -0.2) is 49.1 Å².